The molecule has 0 aliphatic rings. The first-order valence-corrected chi connectivity index (χ1v) is 5.41. The van der Waals surface area contributed by atoms with Crippen LogP contribution in [0.3, 0.4) is 0 Å². The van der Waals surface area contributed by atoms with E-state index in [0.717, 1.165) is 0 Å². The summed E-state index contributed by atoms with van der Waals surface area (Å²) in [6.07, 6.45) is -0.329. The van der Waals surface area contributed by atoms with E-state index in [4.69, 9.17) is 4.18 Å². The van der Waals surface area contributed by atoms with Gasteiger partial charge in [-0.3, -0.25) is 4.18 Å². The van der Waals surface area contributed by atoms with Crippen LogP contribution in [0.15, 0.2) is 35.2 Å². The van der Waals surface area contributed by atoms with E-state index in [1.54, 1.807) is 32.0 Å². The molecule has 5 heteroatoms. The van der Waals surface area contributed by atoms with Gasteiger partial charge in [-0.1, -0.05) is 18.2 Å². The molecule has 0 N–H and O–H groups in total. The molecular weight excluding hydrogens is 227 g/mol. The second kappa shape index (κ2) is 6.37. The molecule has 0 atom stereocenters. The van der Waals surface area contributed by atoms with Crippen molar-refractivity contribution in [1.29, 1.82) is 0 Å². The average Bonchev–Trinajstić information content (AvgIpc) is 2.04. The van der Waals surface area contributed by atoms with Gasteiger partial charge in [-0.25, -0.2) is 0 Å². The Morgan fingerprint density at radius 1 is 1.14 bits per heavy atom. The van der Waals surface area contributed by atoms with Gasteiger partial charge in [0.25, 0.3) is 10.1 Å². The summed E-state index contributed by atoms with van der Waals surface area (Å²) in [4.78, 5) is 0.198. The summed E-state index contributed by atoms with van der Waals surface area (Å²) >= 11 is 0. The van der Waals surface area contributed by atoms with Crippen LogP contribution >= 0.6 is 0 Å². The molecule has 1 rings (SSSR count). The Bertz CT molecular complexity index is 359. The molecule has 0 spiro atoms. The third-order valence-electron chi connectivity index (χ3n) is 1.35. The molecule has 0 bridgehead atoms. The van der Waals surface area contributed by atoms with Crippen LogP contribution in [0.25, 0.3) is 0 Å². The van der Waals surface area contributed by atoms with Crippen LogP contribution in [0, 0.1) is 0 Å². The molecule has 0 fully saturated rings. The monoisotopic (exact) mass is 239 g/mol. The second-order valence-corrected chi connectivity index (χ2v) is 4.48. The topological polar surface area (TPSA) is 43.4 Å². The molecule has 0 heterocycles. The minimum absolute atomic E-state index is 0. The third-order valence-corrected chi connectivity index (χ3v) is 2.84. The molecule has 1 radical (unpaired) electrons. The zero-order chi connectivity index (χ0) is 9.90. The number of hydrogen-bond acceptors (Lipinski definition) is 3. The first-order chi connectivity index (χ1) is 6.02. The smallest absolute Gasteiger partial charge is 0.264 e. The molecule has 3 nitrogen and oxygen atoms in total. The maximum atomic E-state index is 11.4. The minimum atomic E-state index is -3.56. The molecule has 0 aliphatic heterocycles. The van der Waals surface area contributed by atoms with Crippen molar-refractivity contribution in [3.05, 3.63) is 30.3 Å². The first kappa shape index (κ1) is 14.8. The fraction of sp³-hybridized carbons (Fsp3) is 0.333. The van der Waals surface area contributed by atoms with E-state index >= 15 is 0 Å². The fourth-order valence-corrected chi connectivity index (χ4v) is 2.00. The second-order valence-electron chi connectivity index (χ2n) is 2.91. The molecule has 0 saturated carbocycles. The molecule has 0 aromatic heterocycles. The van der Waals surface area contributed by atoms with Crippen molar-refractivity contribution in [2.45, 2.75) is 24.8 Å². The molecule has 73 valence electrons. The van der Waals surface area contributed by atoms with Crippen molar-refractivity contribution < 1.29 is 12.6 Å². The number of hydrogen-bond donors (Lipinski definition) is 0. The predicted molar refractivity (Wildman–Crippen MR) is 55.6 cm³/mol. The van der Waals surface area contributed by atoms with E-state index < -0.39 is 10.1 Å². The summed E-state index contributed by atoms with van der Waals surface area (Å²) in [7, 11) is -3.56. The Kier molecular flexibility index (Phi) is 6.72. The van der Waals surface area contributed by atoms with Crippen LogP contribution < -0.4 is 0 Å². The Morgan fingerprint density at radius 3 is 2.07 bits per heavy atom. The fourth-order valence-electron chi connectivity index (χ4n) is 0.896. The van der Waals surface area contributed by atoms with Crippen molar-refractivity contribution in [3.63, 3.8) is 0 Å². The summed E-state index contributed by atoms with van der Waals surface area (Å²) in [5, 5.41) is 0. The quantitative estimate of drug-likeness (QED) is 0.592. The molecule has 1 aromatic carbocycles. The van der Waals surface area contributed by atoms with Crippen LogP contribution in [-0.2, 0) is 14.3 Å². The van der Waals surface area contributed by atoms with Gasteiger partial charge in [-0.2, -0.15) is 8.42 Å². The zero-order valence-corrected chi connectivity index (χ0v) is 12.5. The summed E-state index contributed by atoms with van der Waals surface area (Å²) < 4.78 is 27.6. The first-order valence-electron chi connectivity index (χ1n) is 4.01. The Morgan fingerprint density at radius 2 is 1.64 bits per heavy atom. The molecule has 1 aromatic rings. The average molecular weight is 239 g/mol. The van der Waals surface area contributed by atoms with Crippen LogP contribution in [0.4, 0.5) is 0 Å². The van der Waals surface area contributed by atoms with Crippen LogP contribution in [0.5, 0.6) is 0 Å². The Hall–Kier alpha value is 0.766. The van der Waals surface area contributed by atoms with Gasteiger partial charge in [0.1, 0.15) is 0 Å². The van der Waals surface area contributed by atoms with E-state index in [1.165, 1.54) is 12.1 Å². The van der Waals surface area contributed by atoms with Gasteiger partial charge in [-0.05, 0) is 26.0 Å². The SMILES string of the molecule is CC(C)OS(=O)(=O)c1ccccc1.[K]. The van der Waals surface area contributed by atoms with Gasteiger partial charge < -0.3 is 0 Å². The normalized spacial score (nSPS) is 11.1. The summed E-state index contributed by atoms with van der Waals surface area (Å²) in [6, 6.07) is 8.11. The van der Waals surface area contributed by atoms with Crippen molar-refractivity contribution in [1.82, 2.24) is 0 Å². The minimum Gasteiger partial charge on any atom is -0.264 e. The third kappa shape index (κ3) is 4.52. The van der Waals surface area contributed by atoms with Crippen molar-refractivity contribution in [2.75, 3.05) is 0 Å². The molecule has 0 unspecified atom stereocenters. The van der Waals surface area contributed by atoms with E-state index in [-0.39, 0.29) is 62.4 Å². The predicted octanol–water partition coefficient (Wildman–Crippen LogP) is 1.42. The van der Waals surface area contributed by atoms with Crippen LogP contribution in [0.1, 0.15) is 13.8 Å². The Labute approximate surface area is 127 Å². The van der Waals surface area contributed by atoms with E-state index in [1.807, 2.05) is 0 Å². The van der Waals surface area contributed by atoms with Crippen molar-refractivity contribution >= 4 is 61.5 Å². The largest absolute Gasteiger partial charge is 0.297 e. The van der Waals surface area contributed by atoms with Crippen molar-refractivity contribution in [2.24, 2.45) is 0 Å². The number of rotatable bonds is 3. The maximum absolute atomic E-state index is 11.4. The van der Waals surface area contributed by atoms with Gasteiger partial charge in [-0.15, -0.1) is 0 Å². The van der Waals surface area contributed by atoms with Gasteiger partial charge in [0.15, 0.2) is 0 Å². The van der Waals surface area contributed by atoms with Gasteiger partial charge in [0.2, 0.25) is 0 Å². The van der Waals surface area contributed by atoms with Gasteiger partial charge >= 0.3 is 0 Å². The number of benzene rings is 1. The van der Waals surface area contributed by atoms with Crippen molar-refractivity contribution in [3.8, 4) is 0 Å². The Balaban J connectivity index is 0.00000169. The van der Waals surface area contributed by atoms with Crippen LogP contribution in [-0.4, -0.2) is 65.9 Å². The standard InChI is InChI=1S/C9H12O3S.K/c1-8(2)12-13(10,11)9-6-4-3-5-7-9;/h3-8H,1-2H3;. The van der Waals surface area contributed by atoms with E-state index in [9.17, 15) is 8.42 Å². The van der Waals surface area contributed by atoms with E-state index in [2.05, 4.69) is 0 Å². The molecule has 0 saturated heterocycles. The van der Waals surface area contributed by atoms with Gasteiger partial charge in [0.05, 0.1) is 11.0 Å². The zero-order valence-electron chi connectivity index (χ0n) is 8.60. The summed E-state index contributed by atoms with van der Waals surface area (Å²) in [6.45, 7) is 3.36. The summed E-state index contributed by atoms with van der Waals surface area (Å²) in [5.74, 6) is 0. The van der Waals surface area contributed by atoms with Gasteiger partial charge in [0, 0.05) is 51.4 Å². The molecular formula is C9H12KO3S. The van der Waals surface area contributed by atoms with E-state index in [0.29, 0.717) is 0 Å². The molecule has 0 aliphatic carbocycles. The summed E-state index contributed by atoms with van der Waals surface area (Å²) in [5.41, 5.74) is 0. The molecule has 14 heavy (non-hydrogen) atoms. The van der Waals surface area contributed by atoms with Crippen LogP contribution in [0.2, 0.25) is 0 Å². The maximum Gasteiger partial charge on any atom is 0.297 e. The molecule has 0 amide bonds.